The molecule has 0 fully saturated rings. The number of hydrogen-bond acceptors (Lipinski definition) is 4. The molecule has 0 saturated heterocycles. The van der Waals surface area contributed by atoms with E-state index in [1.165, 1.54) is 11.6 Å². The maximum absolute atomic E-state index is 12.6. The first kappa shape index (κ1) is 18.0. The molecular weight excluding hydrogens is 352 g/mol. The summed E-state index contributed by atoms with van der Waals surface area (Å²) in [6.07, 6.45) is 0.869. The second kappa shape index (κ2) is 6.50. The van der Waals surface area contributed by atoms with Gasteiger partial charge >= 0.3 is 0 Å². The summed E-state index contributed by atoms with van der Waals surface area (Å²) in [7, 11) is 0. The van der Waals surface area contributed by atoms with Crippen LogP contribution < -0.4 is 5.49 Å². The Labute approximate surface area is 155 Å². The van der Waals surface area contributed by atoms with Crippen LogP contribution in [0.2, 0.25) is 5.02 Å². The molecule has 0 N–H and O–H groups in total. The summed E-state index contributed by atoms with van der Waals surface area (Å²) in [6.45, 7) is 5.25. The average Bonchev–Trinajstić information content (AvgIpc) is 2.54. The van der Waals surface area contributed by atoms with Gasteiger partial charge in [0.2, 0.25) is 5.91 Å². The fourth-order valence-electron chi connectivity index (χ4n) is 3.15. The molecule has 0 aliphatic heterocycles. The zero-order valence-electron chi connectivity index (χ0n) is 14.7. The molecule has 1 heterocycles. The summed E-state index contributed by atoms with van der Waals surface area (Å²) in [4.78, 5) is 28.3. The lowest BCUT2D eigenvalue weighted by molar-refractivity contribution is -0.116. The maximum Gasteiger partial charge on any atom is 0.244 e. The molecule has 1 aromatic carbocycles. The molecule has 7 heteroatoms. The summed E-state index contributed by atoms with van der Waals surface area (Å²) in [5.74, 6) is -0.572. The van der Waals surface area contributed by atoms with E-state index in [4.69, 9.17) is 11.6 Å². The third kappa shape index (κ3) is 3.31. The smallest absolute Gasteiger partial charge is 0.244 e. The number of nitrogens with zero attached hydrogens (tertiary/aromatic N) is 4. The molecule has 26 heavy (non-hydrogen) atoms. The number of Topliss-reactive ketones (excluding diaryl/α,β-unsaturated/α-hetero) is 1. The molecular formula is C19H17ClN4O2. The number of amides is 1. The normalized spacial score (nSPS) is 16.1. The number of carbonyl (C=O) groups is 2. The fraction of sp³-hybridized carbons (Fsp3) is 0.316. The quantitative estimate of drug-likeness (QED) is 0.774. The summed E-state index contributed by atoms with van der Waals surface area (Å²) in [6, 6.07) is 8.84. The molecule has 3 rings (SSSR count). The van der Waals surface area contributed by atoms with Crippen LogP contribution in [0.4, 0.5) is 0 Å². The zero-order chi connectivity index (χ0) is 19.1. The Hall–Kier alpha value is -2.78. The Balaban J connectivity index is 2.41. The predicted octanol–water partition coefficient (Wildman–Crippen LogP) is 3.00. The van der Waals surface area contributed by atoms with Crippen LogP contribution in [0.25, 0.3) is 5.69 Å². The van der Waals surface area contributed by atoms with Crippen LogP contribution in [-0.2, 0) is 11.2 Å². The fourth-order valence-corrected chi connectivity index (χ4v) is 3.28. The van der Waals surface area contributed by atoms with E-state index in [-0.39, 0.29) is 27.9 Å². The van der Waals surface area contributed by atoms with Crippen molar-refractivity contribution < 1.29 is 9.59 Å². The van der Waals surface area contributed by atoms with E-state index in [0.717, 1.165) is 0 Å². The van der Waals surface area contributed by atoms with Crippen LogP contribution in [0.3, 0.4) is 0 Å². The van der Waals surface area contributed by atoms with Gasteiger partial charge in [-0.2, -0.15) is 15.4 Å². The first-order valence-corrected chi connectivity index (χ1v) is 8.50. The number of fused-ring (bicyclic) bond motifs is 1. The van der Waals surface area contributed by atoms with Gasteiger partial charge in [-0.25, -0.2) is 4.68 Å². The van der Waals surface area contributed by atoms with Crippen molar-refractivity contribution in [2.24, 2.45) is 10.4 Å². The Morgan fingerprint density at radius 2 is 1.96 bits per heavy atom. The van der Waals surface area contributed by atoms with Gasteiger partial charge in [0, 0.05) is 23.9 Å². The van der Waals surface area contributed by atoms with E-state index in [9.17, 15) is 14.9 Å². The van der Waals surface area contributed by atoms with Crippen LogP contribution in [-0.4, -0.2) is 21.5 Å². The van der Waals surface area contributed by atoms with E-state index in [1.807, 2.05) is 13.8 Å². The van der Waals surface area contributed by atoms with Gasteiger partial charge in [0.05, 0.1) is 5.69 Å². The minimum absolute atomic E-state index is 0.121. The van der Waals surface area contributed by atoms with Crippen LogP contribution in [0.5, 0.6) is 0 Å². The van der Waals surface area contributed by atoms with Gasteiger partial charge in [-0.3, -0.25) is 9.59 Å². The SMILES string of the molecule is CC(=O)N=c1c(C#N)c2c(nn1-c1ccc(Cl)cc1)C(=O)CC(C)(C)C2. The number of halogens is 1. The number of rotatable bonds is 1. The Bertz CT molecular complexity index is 1030. The van der Waals surface area contributed by atoms with E-state index in [1.54, 1.807) is 24.3 Å². The number of ketones is 1. The molecule has 1 aliphatic rings. The number of aromatic nitrogens is 2. The lowest BCUT2D eigenvalue weighted by Gasteiger charge is -2.30. The number of nitriles is 1. The largest absolute Gasteiger partial charge is 0.292 e. The van der Waals surface area contributed by atoms with Crippen molar-refractivity contribution >= 4 is 23.3 Å². The molecule has 6 nitrogen and oxygen atoms in total. The lowest BCUT2D eigenvalue weighted by Crippen LogP contribution is -2.36. The standard InChI is InChI=1S/C19H17ClN4O2/c1-11(25)22-18-15(10-21)14-8-19(2,3)9-16(26)17(14)23-24(18)13-6-4-12(20)5-7-13/h4-7H,8-9H2,1-3H3. The molecule has 0 spiro atoms. The summed E-state index contributed by atoms with van der Waals surface area (Å²) in [5, 5.41) is 14.8. The van der Waals surface area contributed by atoms with Crippen LogP contribution in [0.1, 0.15) is 48.8 Å². The summed E-state index contributed by atoms with van der Waals surface area (Å²) in [5.41, 5.74) is 1.44. The number of hydrogen-bond donors (Lipinski definition) is 0. The molecule has 1 aromatic heterocycles. The van der Waals surface area contributed by atoms with Crippen molar-refractivity contribution in [3.8, 4) is 11.8 Å². The second-order valence-electron chi connectivity index (χ2n) is 7.10. The van der Waals surface area contributed by atoms with E-state index in [0.29, 0.717) is 29.1 Å². The van der Waals surface area contributed by atoms with Crippen molar-refractivity contribution in [1.29, 1.82) is 5.26 Å². The van der Waals surface area contributed by atoms with Crippen LogP contribution in [0, 0.1) is 16.7 Å². The van der Waals surface area contributed by atoms with Crippen molar-refractivity contribution in [1.82, 2.24) is 9.78 Å². The van der Waals surface area contributed by atoms with Crippen molar-refractivity contribution in [3.63, 3.8) is 0 Å². The monoisotopic (exact) mass is 368 g/mol. The molecule has 0 saturated carbocycles. The van der Waals surface area contributed by atoms with Gasteiger partial charge in [-0.1, -0.05) is 25.4 Å². The van der Waals surface area contributed by atoms with Crippen LogP contribution in [0.15, 0.2) is 29.3 Å². The number of carbonyl (C=O) groups excluding carboxylic acids is 2. The van der Waals surface area contributed by atoms with Crippen LogP contribution >= 0.6 is 11.6 Å². The van der Waals surface area contributed by atoms with E-state index < -0.39 is 5.91 Å². The summed E-state index contributed by atoms with van der Waals surface area (Å²) < 4.78 is 1.37. The van der Waals surface area contributed by atoms with Gasteiger partial charge in [0.25, 0.3) is 0 Å². The Morgan fingerprint density at radius 3 is 2.54 bits per heavy atom. The molecule has 0 atom stereocenters. The van der Waals surface area contributed by atoms with E-state index in [2.05, 4.69) is 16.2 Å². The highest BCUT2D eigenvalue weighted by Gasteiger charge is 2.35. The highest BCUT2D eigenvalue weighted by atomic mass is 35.5. The van der Waals surface area contributed by atoms with Gasteiger partial charge in [-0.15, -0.1) is 0 Å². The van der Waals surface area contributed by atoms with Crippen molar-refractivity contribution in [2.75, 3.05) is 0 Å². The molecule has 1 aliphatic carbocycles. The molecule has 0 bridgehead atoms. The predicted molar refractivity (Wildman–Crippen MR) is 96.0 cm³/mol. The zero-order valence-corrected chi connectivity index (χ0v) is 15.5. The molecule has 1 amide bonds. The minimum atomic E-state index is -0.452. The minimum Gasteiger partial charge on any atom is -0.292 e. The van der Waals surface area contributed by atoms with Gasteiger partial charge in [0.15, 0.2) is 11.3 Å². The third-order valence-corrected chi connectivity index (χ3v) is 4.47. The molecule has 2 aromatic rings. The molecule has 0 unspecified atom stereocenters. The third-order valence-electron chi connectivity index (χ3n) is 4.22. The average molecular weight is 369 g/mol. The topological polar surface area (TPSA) is 88.1 Å². The lowest BCUT2D eigenvalue weighted by atomic mass is 9.74. The van der Waals surface area contributed by atoms with Gasteiger partial charge in [-0.05, 0) is 36.1 Å². The van der Waals surface area contributed by atoms with E-state index >= 15 is 0 Å². The second-order valence-corrected chi connectivity index (χ2v) is 7.53. The van der Waals surface area contributed by atoms with Gasteiger partial charge < -0.3 is 0 Å². The first-order valence-electron chi connectivity index (χ1n) is 8.12. The Morgan fingerprint density at radius 1 is 1.31 bits per heavy atom. The Kier molecular flexibility index (Phi) is 4.51. The summed E-state index contributed by atoms with van der Waals surface area (Å²) >= 11 is 5.94. The molecule has 0 radical (unpaired) electrons. The van der Waals surface area contributed by atoms with Crippen molar-refractivity contribution in [3.05, 3.63) is 51.6 Å². The van der Waals surface area contributed by atoms with Gasteiger partial charge in [0.1, 0.15) is 17.3 Å². The highest BCUT2D eigenvalue weighted by molar-refractivity contribution is 6.30. The maximum atomic E-state index is 12.6. The van der Waals surface area contributed by atoms with Crippen molar-refractivity contribution in [2.45, 2.75) is 33.6 Å². The highest BCUT2D eigenvalue weighted by Crippen LogP contribution is 2.34. The molecule has 132 valence electrons. The number of benzene rings is 1. The first-order chi connectivity index (χ1) is 12.2.